The van der Waals surface area contributed by atoms with Gasteiger partial charge in [-0.15, -0.1) is 11.5 Å². The molecule has 10 heteroatoms. The van der Waals surface area contributed by atoms with Gasteiger partial charge in [0.25, 0.3) is 0 Å². The molecule has 0 saturated heterocycles. The number of nitrogens with zero attached hydrogens (tertiary/aromatic N) is 6. The van der Waals surface area contributed by atoms with Gasteiger partial charge in [-0.25, -0.2) is 9.97 Å². The number of rotatable bonds is 12. The first-order valence-corrected chi connectivity index (χ1v) is 28.0. The maximum atomic E-state index is 11.8. The molecular formula is C72H78Co2N6O2. The minimum atomic E-state index is -0.408. The van der Waals surface area contributed by atoms with Crippen molar-refractivity contribution in [2.45, 2.75) is 134 Å². The summed E-state index contributed by atoms with van der Waals surface area (Å²) >= 11 is 0. The summed E-state index contributed by atoms with van der Waals surface area (Å²) in [5.74, 6) is 0.848. The van der Waals surface area contributed by atoms with Crippen LogP contribution in [0.5, 0.6) is 11.5 Å². The van der Waals surface area contributed by atoms with E-state index in [0.717, 1.165) is 79.1 Å². The van der Waals surface area contributed by atoms with Gasteiger partial charge in [0.1, 0.15) is 0 Å². The van der Waals surface area contributed by atoms with E-state index in [9.17, 15) is 10.2 Å². The van der Waals surface area contributed by atoms with E-state index in [1.54, 1.807) is 24.3 Å². The van der Waals surface area contributed by atoms with Crippen LogP contribution in [0.1, 0.15) is 174 Å². The van der Waals surface area contributed by atoms with Crippen molar-refractivity contribution in [3.63, 3.8) is 0 Å². The second-order valence-corrected chi connectivity index (χ2v) is 22.0. The van der Waals surface area contributed by atoms with Crippen LogP contribution in [0, 0.1) is 27.7 Å². The molecule has 9 rings (SSSR count). The monoisotopic (exact) mass is 1180 g/mol. The van der Waals surface area contributed by atoms with Crippen molar-refractivity contribution in [3.8, 4) is 11.5 Å². The van der Waals surface area contributed by atoms with Crippen LogP contribution >= 0.6 is 0 Å². The Labute approximate surface area is 508 Å². The van der Waals surface area contributed by atoms with Gasteiger partial charge >= 0.3 is 33.6 Å². The Kier molecular flexibility index (Phi) is 23.6. The Balaban J connectivity index is 0.000000234. The summed E-state index contributed by atoms with van der Waals surface area (Å²) in [7, 11) is 0. The molecular weight excluding hydrogens is 1100 g/mol. The largest absolute Gasteiger partial charge is 1.00 e. The van der Waals surface area contributed by atoms with Crippen LogP contribution in [-0.2, 0) is 33.6 Å². The minimum Gasteiger partial charge on any atom is -0.872 e. The van der Waals surface area contributed by atoms with Gasteiger partial charge in [0, 0.05) is 0 Å². The van der Waals surface area contributed by atoms with Gasteiger partial charge in [-0.1, -0.05) is 189 Å². The number of aryl methyl sites for hydroxylation is 4. The smallest absolute Gasteiger partial charge is 0.872 e. The van der Waals surface area contributed by atoms with Gasteiger partial charge in [0.2, 0.25) is 0 Å². The van der Waals surface area contributed by atoms with Crippen molar-refractivity contribution < 1.29 is 43.8 Å². The van der Waals surface area contributed by atoms with E-state index in [4.69, 9.17) is 29.9 Å². The SMILES string of the molecule is CC(=Nc1c(C)cccc1C(C)C)c1cccc(C(C)=Nc2c(C)cccc2C(C)C)n1.CC(=Nc1c(C)cccc1C(C)C)c1cccc(C(C)=Nc2c(C)cccc2C(C)C)n1.[Co+].[Co+].[O-]c1c([O-])c2ccccc2c2ccccc12. The number of pyridine rings is 2. The Hall–Kier alpha value is -7.35. The van der Waals surface area contributed by atoms with Crippen LogP contribution in [0.2, 0.25) is 0 Å². The molecule has 0 radical (unpaired) electrons. The molecule has 0 N–H and O–H groups in total. The summed E-state index contributed by atoms with van der Waals surface area (Å²) in [5.41, 5.74) is 21.2. The fourth-order valence-corrected chi connectivity index (χ4v) is 9.85. The maximum absolute atomic E-state index is 11.8. The number of para-hydroxylation sites is 4. The molecule has 0 bridgehead atoms. The van der Waals surface area contributed by atoms with Crippen molar-refractivity contribution in [3.05, 3.63) is 225 Å². The molecule has 0 aliphatic heterocycles. The van der Waals surface area contributed by atoms with E-state index in [-0.39, 0.29) is 33.6 Å². The zero-order valence-corrected chi connectivity index (χ0v) is 52.6. The molecule has 426 valence electrons. The first kappa shape index (κ1) is 65.5. The van der Waals surface area contributed by atoms with Gasteiger partial charge in [0.15, 0.2) is 0 Å². The van der Waals surface area contributed by atoms with E-state index in [1.165, 1.54) is 44.5 Å². The van der Waals surface area contributed by atoms with Gasteiger partial charge in [-0.3, -0.25) is 20.0 Å². The molecule has 0 amide bonds. The van der Waals surface area contributed by atoms with Gasteiger partial charge < -0.3 is 10.2 Å². The first-order chi connectivity index (χ1) is 38.2. The zero-order valence-electron chi connectivity index (χ0n) is 50.5. The summed E-state index contributed by atoms with van der Waals surface area (Å²) in [6.45, 7) is 34.3. The van der Waals surface area contributed by atoms with E-state index >= 15 is 0 Å². The summed E-state index contributed by atoms with van der Waals surface area (Å²) < 4.78 is 0. The summed E-state index contributed by atoms with van der Waals surface area (Å²) in [4.78, 5) is 29.8. The van der Waals surface area contributed by atoms with Crippen molar-refractivity contribution in [2.24, 2.45) is 20.0 Å². The summed E-state index contributed by atoms with van der Waals surface area (Å²) in [6.07, 6.45) is 0. The fraction of sp³-hybridized carbons (Fsp3) is 0.278. The van der Waals surface area contributed by atoms with Crippen LogP contribution in [0.25, 0.3) is 21.5 Å². The van der Waals surface area contributed by atoms with Gasteiger partial charge in [0.05, 0.1) is 68.4 Å². The van der Waals surface area contributed by atoms with E-state index in [0.29, 0.717) is 34.4 Å². The quantitative estimate of drug-likeness (QED) is 0.0893. The van der Waals surface area contributed by atoms with Gasteiger partial charge in [-0.2, -0.15) is 0 Å². The molecule has 0 atom stereocenters. The molecule has 7 aromatic carbocycles. The fourth-order valence-electron chi connectivity index (χ4n) is 9.85. The Bertz CT molecular complexity index is 3390. The minimum absolute atomic E-state index is 0. The molecule has 9 aromatic rings. The molecule has 0 aliphatic rings. The van der Waals surface area contributed by atoms with Crippen molar-refractivity contribution in [1.29, 1.82) is 0 Å². The Morgan fingerprint density at radius 3 is 0.732 bits per heavy atom. The van der Waals surface area contributed by atoms with Crippen LogP contribution in [-0.4, -0.2) is 32.8 Å². The predicted molar refractivity (Wildman–Crippen MR) is 337 cm³/mol. The number of aromatic nitrogens is 2. The maximum Gasteiger partial charge on any atom is 1.00 e. The standard InChI is InChI=1S/2C29H35N3.C14H10O2.2Co/c2*1-18(2)24-14-9-12-20(5)28(24)30-22(7)26-16-11-17-27(32-26)23(8)31-29-21(6)13-10-15-25(29)19(3)4;15-13-11-7-3-1-5-9(11)10-6-2-4-8-12(10)14(13)16;;/h2*9-19H,1-8H3;1-8,15-16H;;/q;;;2*+1/p-2. The molecule has 0 spiro atoms. The number of hydrogen-bond acceptors (Lipinski definition) is 8. The summed E-state index contributed by atoms with van der Waals surface area (Å²) in [5, 5.41) is 26.4. The topological polar surface area (TPSA) is 121 Å². The number of hydrogen-bond donors (Lipinski definition) is 0. The number of fused-ring (bicyclic) bond motifs is 3. The molecule has 2 heterocycles. The van der Waals surface area contributed by atoms with Crippen molar-refractivity contribution in [2.75, 3.05) is 0 Å². The zero-order chi connectivity index (χ0) is 57.9. The van der Waals surface area contributed by atoms with Crippen molar-refractivity contribution in [1.82, 2.24) is 9.97 Å². The van der Waals surface area contributed by atoms with E-state index < -0.39 is 11.5 Å². The van der Waals surface area contributed by atoms with Crippen LogP contribution < -0.4 is 10.2 Å². The molecule has 8 nitrogen and oxygen atoms in total. The van der Waals surface area contributed by atoms with E-state index in [2.05, 4.69) is 156 Å². The van der Waals surface area contributed by atoms with Gasteiger partial charge in [-0.05, 0) is 169 Å². The Morgan fingerprint density at radius 2 is 0.512 bits per heavy atom. The molecule has 0 fully saturated rings. The molecule has 0 unspecified atom stereocenters. The second kappa shape index (κ2) is 29.6. The van der Waals surface area contributed by atoms with Crippen LogP contribution in [0.4, 0.5) is 22.7 Å². The average Bonchev–Trinajstić information content (AvgIpc) is 3.65. The predicted octanol–water partition coefficient (Wildman–Crippen LogP) is 18.6. The molecule has 0 saturated carbocycles. The average molecular weight is 1180 g/mol. The van der Waals surface area contributed by atoms with E-state index in [1.807, 2.05) is 88.4 Å². The first-order valence-electron chi connectivity index (χ1n) is 28.0. The summed E-state index contributed by atoms with van der Waals surface area (Å²) in [6, 6.07) is 52.2. The molecule has 2 aromatic heterocycles. The van der Waals surface area contributed by atoms with Crippen LogP contribution in [0.3, 0.4) is 0 Å². The number of benzene rings is 7. The third-order valence-corrected chi connectivity index (χ3v) is 14.5. The number of aliphatic imine (C=N–C) groups is 4. The molecule has 82 heavy (non-hydrogen) atoms. The third-order valence-electron chi connectivity index (χ3n) is 14.5. The Morgan fingerprint density at radius 1 is 0.305 bits per heavy atom. The third kappa shape index (κ3) is 15.6. The second-order valence-electron chi connectivity index (χ2n) is 22.0. The van der Waals surface area contributed by atoms with Crippen LogP contribution in [0.15, 0.2) is 178 Å². The normalized spacial score (nSPS) is 12.0. The van der Waals surface area contributed by atoms with Crippen molar-refractivity contribution >= 4 is 67.1 Å². The molecule has 0 aliphatic carbocycles.